The van der Waals surface area contributed by atoms with Gasteiger partial charge >= 0.3 is 0 Å². The van der Waals surface area contributed by atoms with Crippen molar-refractivity contribution in [2.45, 2.75) is 70.9 Å². The van der Waals surface area contributed by atoms with Crippen molar-refractivity contribution >= 4 is 16.9 Å². The average Bonchev–Trinajstić information content (AvgIpc) is 3.12. The van der Waals surface area contributed by atoms with E-state index in [0.717, 1.165) is 41.5 Å². The van der Waals surface area contributed by atoms with Crippen LogP contribution in [0, 0.1) is 19.8 Å². The molecule has 1 saturated carbocycles. The molecule has 4 aromatic rings. The summed E-state index contributed by atoms with van der Waals surface area (Å²) in [5.74, 6) is 0.0980. The molecule has 0 bridgehead atoms. The predicted molar refractivity (Wildman–Crippen MR) is 153 cm³/mol. The van der Waals surface area contributed by atoms with E-state index in [9.17, 15) is 9.90 Å². The van der Waals surface area contributed by atoms with Crippen molar-refractivity contribution in [1.29, 1.82) is 0 Å². The standard InChI is InChI=1S/C33H39N3O2/c1-23-18-29-31(19-24(23)2)36(22-34-29)20-25-14-16-28(17-15-25)32(27-12-6-3-4-7-13-27)33(38)35-30(21-37)26-10-8-5-9-11-26/h5,8-11,14-19,22,27,30,32,37H,3-4,6-7,12-13,20-21H2,1-2H3,(H,35,38)/t30-,32?/m0/s1. The minimum atomic E-state index is -0.405. The number of amides is 1. The molecular weight excluding hydrogens is 470 g/mol. The van der Waals surface area contributed by atoms with Crippen LogP contribution < -0.4 is 5.32 Å². The Bertz CT molecular complexity index is 1350. The maximum atomic E-state index is 13.8. The zero-order valence-electron chi connectivity index (χ0n) is 22.6. The van der Waals surface area contributed by atoms with Crippen LogP contribution in [0.25, 0.3) is 11.0 Å². The van der Waals surface area contributed by atoms with Gasteiger partial charge in [-0.1, -0.05) is 80.3 Å². The fourth-order valence-corrected chi connectivity index (χ4v) is 5.93. The Morgan fingerprint density at radius 1 is 0.947 bits per heavy atom. The van der Waals surface area contributed by atoms with Gasteiger partial charge in [-0.3, -0.25) is 4.79 Å². The van der Waals surface area contributed by atoms with Gasteiger partial charge in [0.2, 0.25) is 5.91 Å². The van der Waals surface area contributed by atoms with Crippen LogP contribution in [0.2, 0.25) is 0 Å². The summed E-state index contributed by atoms with van der Waals surface area (Å²) >= 11 is 0. The molecule has 5 heteroatoms. The number of fused-ring (bicyclic) bond motifs is 1. The molecular formula is C33H39N3O2. The highest BCUT2D eigenvalue weighted by atomic mass is 16.3. The first-order valence-electron chi connectivity index (χ1n) is 14.0. The number of imidazole rings is 1. The molecule has 198 valence electrons. The van der Waals surface area contributed by atoms with Gasteiger partial charge in [-0.2, -0.15) is 0 Å². The molecule has 1 unspecified atom stereocenters. The van der Waals surface area contributed by atoms with Crippen molar-refractivity contribution in [1.82, 2.24) is 14.9 Å². The number of aliphatic hydroxyl groups excluding tert-OH is 1. The minimum absolute atomic E-state index is 0.0130. The number of nitrogens with zero attached hydrogens (tertiary/aromatic N) is 2. The van der Waals surface area contributed by atoms with Gasteiger partial charge in [-0.05, 0) is 72.6 Å². The lowest BCUT2D eigenvalue weighted by Crippen LogP contribution is -2.37. The zero-order valence-corrected chi connectivity index (χ0v) is 22.6. The lowest BCUT2D eigenvalue weighted by molar-refractivity contribution is -0.125. The number of carbonyl (C=O) groups is 1. The van der Waals surface area contributed by atoms with Crippen LogP contribution >= 0.6 is 0 Å². The van der Waals surface area contributed by atoms with E-state index >= 15 is 0 Å². The molecule has 0 aliphatic heterocycles. The summed E-state index contributed by atoms with van der Waals surface area (Å²) in [5, 5.41) is 13.3. The highest BCUT2D eigenvalue weighted by Gasteiger charge is 2.31. The van der Waals surface area contributed by atoms with Crippen molar-refractivity contribution in [3.05, 3.63) is 101 Å². The summed E-state index contributed by atoms with van der Waals surface area (Å²) < 4.78 is 2.19. The van der Waals surface area contributed by atoms with E-state index in [4.69, 9.17) is 0 Å². The highest BCUT2D eigenvalue weighted by molar-refractivity contribution is 5.84. The van der Waals surface area contributed by atoms with Gasteiger partial charge in [-0.25, -0.2) is 4.98 Å². The third-order valence-electron chi connectivity index (χ3n) is 8.28. The van der Waals surface area contributed by atoms with Crippen LogP contribution in [0.3, 0.4) is 0 Å². The Hall–Kier alpha value is -3.44. The third-order valence-corrected chi connectivity index (χ3v) is 8.28. The maximum Gasteiger partial charge on any atom is 0.228 e. The van der Waals surface area contributed by atoms with Gasteiger partial charge < -0.3 is 15.0 Å². The summed E-state index contributed by atoms with van der Waals surface area (Å²) in [4.78, 5) is 18.4. The van der Waals surface area contributed by atoms with Crippen molar-refractivity contribution in [2.75, 3.05) is 6.61 Å². The molecule has 0 radical (unpaired) electrons. The van der Waals surface area contributed by atoms with E-state index in [1.807, 2.05) is 36.7 Å². The largest absolute Gasteiger partial charge is 0.394 e. The Morgan fingerprint density at radius 3 is 2.32 bits per heavy atom. The lowest BCUT2D eigenvalue weighted by Gasteiger charge is -2.28. The second-order valence-corrected chi connectivity index (χ2v) is 10.9. The van der Waals surface area contributed by atoms with Crippen LogP contribution in [0.4, 0.5) is 0 Å². The average molecular weight is 510 g/mol. The molecule has 1 amide bonds. The molecule has 0 spiro atoms. The quantitative estimate of drug-likeness (QED) is 0.263. The Balaban J connectivity index is 1.39. The van der Waals surface area contributed by atoms with Gasteiger partial charge in [0.1, 0.15) is 0 Å². The monoisotopic (exact) mass is 509 g/mol. The molecule has 2 atom stereocenters. The second kappa shape index (κ2) is 12.0. The molecule has 0 saturated heterocycles. The predicted octanol–water partition coefficient (Wildman–Crippen LogP) is 6.61. The Labute approximate surface area is 225 Å². The van der Waals surface area contributed by atoms with Crippen molar-refractivity contribution in [3.63, 3.8) is 0 Å². The number of aryl methyl sites for hydroxylation is 2. The van der Waals surface area contributed by atoms with Crippen LogP contribution in [-0.4, -0.2) is 27.2 Å². The number of rotatable bonds is 8. The lowest BCUT2D eigenvalue weighted by atomic mass is 9.80. The van der Waals surface area contributed by atoms with Gasteiger partial charge in [0.25, 0.3) is 0 Å². The second-order valence-electron chi connectivity index (χ2n) is 10.9. The third kappa shape index (κ3) is 5.83. The van der Waals surface area contributed by atoms with Gasteiger partial charge in [0, 0.05) is 6.54 Å². The molecule has 1 heterocycles. The Morgan fingerprint density at radius 2 is 1.63 bits per heavy atom. The molecule has 38 heavy (non-hydrogen) atoms. The van der Waals surface area contributed by atoms with Gasteiger partial charge in [-0.15, -0.1) is 0 Å². The smallest absolute Gasteiger partial charge is 0.228 e. The van der Waals surface area contributed by atoms with Gasteiger partial charge in [0.05, 0.1) is 35.9 Å². The zero-order chi connectivity index (χ0) is 26.5. The fraction of sp³-hybridized carbons (Fsp3) is 0.394. The first-order chi connectivity index (χ1) is 18.5. The van der Waals surface area contributed by atoms with Crippen molar-refractivity contribution < 1.29 is 9.90 Å². The number of aliphatic hydroxyl groups is 1. The number of hydrogen-bond donors (Lipinski definition) is 2. The van der Waals surface area contributed by atoms with E-state index in [0.29, 0.717) is 5.92 Å². The SMILES string of the molecule is Cc1cc2ncn(Cc3ccc(C(C(=O)N[C@@H](CO)c4ccccc4)C4CCCCCC4)cc3)c2cc1C. The molecule has 5 rings (SSSR count). The summed E-state index contributed by atoms with van der Waals surface area (Å²) in [7, 11) is 0. The number of nitrogens with one attached hydrogen (secondary N) is 1. The number of aromatic nitrogens is 2. The first-order valence-corrected chi connectivity index (χ1v) is 14.0. The van der Waals surface area contributed by atoms with Crippen LogP contribution in [0.15, 0.2) is 73.1 Å². The Kier molecular flexibility index (Phi) is 8.23. The highest BCUT2D eigenvalue weighted by Crippen LogP contribution is 2.36. The van der Waals surface area contributed by atoms with Crippen LogP contribution in [-0.2, 0) is 11.3 Å². The van der Waals surface area contributed by atoms with Crippen molar-refractivity contribution in [3.8, 4) is 0 Å². The number of hydrogen-bond acceptors (Lipinski definition) is 3. The summed E-state index contributed by atoms with van der Waals surface area (Å²) in [5.41, 5.74) is 7.86. The molecule has 3 aromatic carbocycles. The minimum Gasteiger partial charge on any atom is -0.394 e. The number of carbonyl (C=O) groups excluding carboxylic acids is 1. The summed E-state index contributed by atoms with van der Waals surface area (Å²) in [6.45, 7) is 4.87. The normalized spacial score (nSPS) is 16.2. The molecule has 1 aliphatic rings. The summed E-state index contributed by atoms with van der Waals surface area (Å²) in [6.07, 6.45) is 8.86. The molecule has 5 nitrogen and oxygen atoms in total. The first kappa shape index (κ1) is 26.2. The topological polar surface area (TPSA) is 67.2 Å². The van der Waals surface area contributed by atoms with E-state index in [1.165, 1.54) is 42.4 Å². The fourth-order valence-electron chi connectivity index (χ4n) is 5.93. The van der Waals surface area contributed by atoms with E-state index in [1.54, 1.807) is 0 Å². The van der Waals surface area contributed by atoms with Crippen molar-refractivity contribution in [2.24, 2.45) is 5.92 Å². The number of benzene rings is 3. The molecule has 2 N–H and O–H groups in total. The van der Waals surface area contributed by atoms with E-state index in [-0.39, 0.29) is 18.4 Å². The van der Waals surface area contributed by atoms with E-state index in [2.05, 4.69) is 65.1 Å². The molecule has 1 aromatic heterocycles. The van der Waals surface area contributed by atoms with Crippen LogP contribution in [0.5, 0.6) is 0 Å². The van der Waals surface area contributed by atoms with Gasteiger partial charge in [0.15, 0.2) is 0 Å². The molecule has 1 fully saturated rings. The summed E-state index contributed by atoms with van der Waals surface area (Å²) in [6, 6.07) is 22.3. The molecule has 1 aliphatic carbocycles. The van der Waals surface area contributed by atoms with Crippen LogP contribution in [0.1, 0.15) is 78.3 Å². The maximum absolute atomic E-state index is 13.8. The van der Waals surface area contributed by atoms with E-state index < -0.39 is 6.04 Å².